The third kappa shape index (κ3) is 4.98. The van der Waals surface area contributed by atoms with Gasteiger partial charge in [0.05, 0.1) is 24.5 Å². The zero-order valence-electron chi connectivity index (χ0n) is 13.7. The summed E-state index contributed by atoms with van der Waals surface area (Å²) in [5.74, 6) is 0.0507. The maximum absolute atomic E-state index is 12.1. The number of hydrogen-bond donors (Lipinski definition) is 2. The monoisotopic (exact) mass is 359 g/mol. The molecule has 0 atom stereocenters. The molecule has 0 aliphatic rings. The molecule has 2 aromatic rings. The van der Waals surface area contributed by atoms with Gasteiger partial charge in [-0.05, 0) is 42.4 Å². The molecule has 25 heavy (non-hydrogen) atoms. The Hall–Kier alpha value is -3.00. The van der Waals surface area contributed by atoms with Crippen LogP contribution in [-0.4, -0.2) is 23.1 Å². The van der Waals surface area contributed by atoms with E-state index in [0.29, 0.717) is 5.75 Å². The van der Waals surface area contributed by atoms with Crippen LogP contribution in [0.5, 0.6) is 5.75 Å². The van der Waals surface area contributed by atoms with Crippen LogP contribution in [0, 0.1) is 17.0 Å². The fourth-order valence-electron chi connectivity index (χ4n) is 2.20. The van der Waals surface area contributed by atoms with Gasteiger partial charge in [0.1, 0.15) is 11.4 Å². The van der Waals surface area contributed by atoms with E-state index in [2.05, 4.69) is 10.6 Å². The lowest BCUT2D eigenvalue weighted by Crippen LogP contribution is -2.35. The second kappa shape index (κ2) is 8.20. The Kier molecular flexibility index (Phi) is 6.02. The standard InChI is InChI=1S/C17H17N3O4S/c1-11-5-3-4-6-12(11)9-16(21)19-17(25)18-14-8-7-13(24-2)10-15(14)20(22)23/h3-8,10H,9H2,1-2H3,(H2,18,19,21,25). The molecule has 0 aromatic heterocycles. The number of carbonyl (C=O) groups is 1. The number of nitro benzene ring substituents is 1. The molecule has 8 heteroatoms. The van der Waals surface area contributed by atoms with Gasteiger partial charge in [-0.2, -0.15) is 0 Å². The number of anilines is 1. The molecule has 0 spiro atoms. The average molecular weight is 359 g/mol. The van der Waals surface area contributed by atoms with Crippen molar-refractivity contribution in [2.75, 3.05) is 12.4 Å². The summed E-state index contributed by atoms with van der Waals surface area (Å²) >= 11 is 5.07. The molecule has 0 radical (unpaired) electrons. The van der Waals surface area contributed by atoms with Gasteiger partial charge < -0.3 is 15.4 Å². The van der Waals surface area contributed by atoms with E-state index < -0.39 is 4.92 Å². The fourth-order valence-corrected chi connectivity index (χ4v) is 2.42. The van der Waals surface area contributed by atoms with Crippen molar-refractivity contribution in [2.45, 2.75) is 13.3 Å². The normalized spacial score (nSPS) is 10.0. The Morgan fingerprint density at radius 1 is 1.28 bits per heavy atom. The summed E-state index contributed by atoms with van der Waals surface area (Å²) < 4.78 is 4.97. The highest BCUT2D eigenvalue weighted by molar-refractivity contribution is 7.80. The quantitative estimate of drug-likeness (QED) is 0.484. The van der Waals surface area contributed by atoms with Crippen LogP contribution in [0.25, 0.3) is 0 Å². The van der Waals surface area contributed by atoms with E-state index in [1.807, 2.05) is 31.2 Å². The fraction of sp³-hybridized carbons (Fsp3) is 0.176. The minimum atomic E-state index is -0.553. The highest BCUT2D eigenvalue weighted by Crippen LogP contribution is 2.28. The third-order valence-corrected chi connectivity index (χ3v) is 3.72. The molecular weight excluding hydrogens is 342 g/mol. The Labute approximate surface area is 150 Å². The molecule has 2 N–H and O–H groups in total. The van der Waals surface area contributed by atoms with Crippen LogP contribution in [0.3, 0.4) is 0 Å². The predicted molar refractivity (Wildman–Crippen MR) is 98.9 cm³/mol. The van der Waals surface area contributed by atoms with Gasteiger partial charge >= 0.3 is 0 Å². The van der Waals surface area contributed by atoms with Crippen molar-refractivity contribution < 1.29 is 14.5 Å². The Bertz CT molecular complexity index is 823. The SMILES string of the molecule is COc1ccc(NC(=S)NC(=O)Cc2ccccc2C)c([N+](=O)[O-])c1. The number of hydrogen-bond acceptors (Lipinski definition) is 5. The molecule has 0 heterocycles. The van der Waals surface area contributed by atoms with Gasteiger partial charge in [0, 0.05) is 0 Å². The number of nitrogens with one attached hydrogen (secondary N) is 2. The van der Waals surface area contributed by atoms with Gasteiger partial charge in [-0.1, -0.05) is 24.3 Å². The molecule has 0 fully saturated rings. The van der Waals surface area contributed by atoms with E-state index in [9.17, 15) is 14.9 Å². The zero-order chi connectivity index (χ0) is 18.4. The molecule has 1 amide bonds. The average Bonchev–Trinajstić information content (AvgIpc) is 2.57. The number of amides is 1. The first-order valence-corrected chi connectivity index (χ1v) is 7.79. The number of methoxy groups -OCH3 is 1. The minimum Gasteiger partial charge on any atom is -0.496 e. The maximum Gasteiger partial charge on any atom is 0.296 e. The number of nitrogens with zero attached hydrogens (tertiary/aromatic N) is 1. The van der Waals surface area contributed by atoms with E-state index in [1.54, 1.807) is 6.07 Å². The van der Waals surface area contributed by atoms with Crippen molar-refractivity contribution in [1.82, 2.24) is 5.32 Å². The number of nitro groups is 1. The van der Waals surface area contributed by atoms with Crippen molar-refractivity contribution >= 4 is 34.6 Å². The molecule has 7 nitrogen and oxygen atoms in total. The van der Waals surface area contributed by atoms with Crippen molar-refractivity contribution in [1.29, 1.82) is 0 Å². The Morgan fingerprint density at radius 2 is 2.00 bits per heavy atom. The van der Waals surface area contributed by atoms with E-state index >= 15 is 0 Å². The smallest absolute Gasteiger partial charge is 0.296 e. The number of aryl methyl sites for hydroxylation is 1. The summed E-state index contributed by atoms with van der Waals surface area (Å²) in [6.45, 7) is 1.92. The van der Waals surface area contributed by atoms with E-state index in [0.717, 1.165) is 11.1 Å². The maximum atomic E-state index is 12.1. The largest absolute Gasteiger partial charge is 0.496 e. The molecule has 0 aliphatic heterocycles. The van der Waals surface area contributed by atoms with Gasteiger partial charge in [0.2, 0.25) is 5.91 Å². The molecule has 2 rings (SSSR count). The number of ether oxygens (including phenoxy) is 1. The zero-order valence-corrected chi connectivity index (χ0v) is 14.6. The van der Waals surface area contributed by atoms with Crippen LogP contribution < -0.4 is 15.4 Å². The lowest BCUT2D eigenvalue weighted by atomic mass is 10.1. The van der Waals surface area contributed by atoms with E-state index in [4.69, 9.17) is 17.0 Å². The lowest BCUT2D eigenvalue weighted by molar-refractivity contribution is -0.384. The summed E-state index contributed by atoms with van der Waals surface area (Å²) in [7, 11) is 1.42. The number of thiocarbonyl (C=S) groups is 1. The van der Waals surface area contributed by atoms with E-state index in [1.165, 1.54) is 19.2 Å². The van der Waals surface area contributed by atoms with Crippen LogP contribution in [0.15, 0.2) is 42.5 Å². The van der Waals surface area contributed by atoms with Gasteiger partial charge in [-0.25, -0.2) is 0 Å². The van der Waals surface area contributed by atoms with Crippen molar-refractivity contribution in [3.05, 3.63) is 63.7 Å². The highest BCUT2D eigenvalue weighted by atomic mass is 32.1. The minimum absolute atomic E-state index is 0.00755. The summed E-state index contributed by atoms with van der Waals surface area (Å²) in [5.41, 5.74) is 1.86. The van der Waals surface area contributed by atoms with Crippen LogP contribution in [0.1, 0.15) is 11.1 Å². The number of benzene rings is 2. The van der Waals surface area contributed by atoms with Crippen molar-refractivity contribution in [3.63, 3.8) is 0 Å². The molecule has 0 aliphatic carbocycles. The van der Waals surface area contributed by atoms with Crippen LogP contribution in [-0.2, 0) is 11.2 Å². The van der Waals surface area contributed by atoms with Crippen molar-refractivity contribution in [3.8, 4) is 5.75 Å². The summed E-state index contributed by atoms with van der Waals surface area (Å²) in [4.78, 5) is 22.7. The first-order chi connectivity index (χ1) is 11.9. The first kappa shape index (κ1) is 18.3. The second-order valence-corrected chi connectivity index (χ2v) is 5.65. The van der Waals surface area contributed by atoms with Gasteiger partial charge in [-0.15, -0.1) is 0 Å². The molecule has 0 saturated heterocycles. The van der Waals surface area contributed by atoms with Crippen molar-refractivity contribution in [2.24, 2.45) is 0 Å². The molecule has 0 saturated carbocycles. The topological polar surface area (TPSA) is 93.5 Å². The number of carbonyl (C=O) groups excluding carboxylic acids is 1. The van der Waals surface area contributed by atoms with Crippen LogP contribution in [0.2, 0.25) is 0 Å². The molecule has 2 aromatic carbocycles. The molecule has 0 unspecified atom stereocenters. The van der Waals surface area contributed by atoms with Gasteiger partial charge in [-0.3, -0.25) is 14.9 Å². The third-order valence-electron chi connectivity index (χ3n) is 3.52. The molecule has 130 valence electrons. The van der Waals surface area contributed by atoms with Crippen LogP contribution in [0.4, 0.5) is 11.4 Å². The second-order valence-electron chi connectivity index (χ2n) is 5.25. The van der Waals surface area contributed by atoms with Gasteiger partial charge in [0.25, 0.3) is 5.69 Å². The Morgan fingerprint density at radius 3 is 2.64 bits per heavy atom. The lowest BCUT2D eigenvalue weighted by Gasteiger charge is -2.11. The van der Waals surface area contributed by atoms with Crippen LogP contribution >= 0.6 is 12.2 Å². The summed E-state index contributed by atoms with van der Waals surface area (Å²) in [6.07, 6.45) is 0.166. The summed E-state index contributed by atoms with van der Waals surface area (Å²) in [6, 6.07) is 11.8. The Balaban J connectivity index is 2.04. The number of rotatable bonds is 5. The predicted octanol–water partition coefficient (Wildman–Crippen LogP) is 2.97. The molecule has 0 bridgehead atoms. The van der Waals surface area contributed by atoms with E-state index in [-0.39, 0.29) is 28.8 Å². The first-order valence-electron chi connectivity index (χ1n) is 7.38. The summed E-state index contributed by atoms with van der Waals surface area (Å²) in [5, 5.41) is 16.3. The highest BCUT2D eigenvalue weighted by Gasteiger charge is 2.17. The molecular formula is C17H17N3O4S. The van der Waals surface area contributed by atoms with Gasteiger partial charge in [0.15, 0.2) is 5.11 Å².